The number of nitrogens with zero attached hydrogens (tertiary/aromatic N) is 2. The Labute approximate surface area is 146 Å². The lowest BCUT2D eigenvalue weighted by atomic mass is 10.0. The zero-order valence-electron chi connectivity index (χ0n) is 14.3. The molecular formula is C19H21N3O3. The van der Waals surface area contributed by atoms with Crippen molar-refractivity contribution in [3.8, 4) is 5.75 Å². The molecule has 0 saturated heterocycles. The van der Waals surface area contributed by atoms with E-state index in [1.165, 1.54) is 0 Å². The zero-order chi connectivity index (χ0) is 17.6. The number of imidazole rings is 1. The van der Waals surface area contributed by atoms with Gasteiger partial charge in [0.05, 0.1) is 19.7 Å². The number of ether oxygens (including phenoxy) is 1. The van der Waals surface area contributed by atoms with Crippen LogP contribution in [0.2, 0.25) is 0 Å². The molecule has 2 aromatic heterocycles. The van der Waals surface area contributed by atoms with E-state index in [1.54, 1.807) is 32.0 Å². The van der Waals surface area contributed by atoms with E-state index >= 15 is 0 Å². The molecule has 3 rings (SSSR count). The second kappa shape index (κ2) is 7.70. The van der Waals surface area contributed by atoms with Gasteiger partial charge in [0.25, 0.3) is 0 Å². The van der Waals surface area contributed by atoms with E-state index in [1.807, 2.05) is 41.9 Å². The van der Waals surface area contributed by atoms with Crippen LogP contribution in [-0.4, -0.2) is 22.6 Å². The summed E-state index contributed by atoms with van der Waals surface area (Å²) in [5.41, 5.74) is 1.87. The summed E-state index contributed by atoms with van der Waals surface area (Å²) >= 11 is 0. The van der Waals surface area contributed by atoms with Crippen LogP contribution in [0.15, 0.2) is 59.6 Å². The van der Waals surface area contributed by atoms with Crippen molar-refractivity contribution in [2.24, 2.45) is 7.05 Å². The van der Waals surface area contributed by atoms with Gasteiger partial charge in [0.2, 0.25) is 5.91 Å². The van der Waals surface area contributed by atoms with Gasteiger partial charge < -0.3 is 19.0 Å². The standard InChI is InChI=1S/C19H21N3O3/c1-22-13-20-12-14(22)9-10-18(23)21-19(17-8-5-11-25-17)15-6-3-4-7-16(15)24-2/h3-8,11-13,19H,9-10H2,1-2H3,(H,21,23). The Bertz CT molecular complexity index is 824. The molecule has 0 aliphatic heterocycles. The number of para-hydroxylation sites is 1. The molecular weight excluding hydrogens is 318 g/mol. The average molecular weight is 339 g/mol. The van der Waals surface area contributed by atoms with Crippen molar-refractivity contribution >= 4 is 5.91 Å². The molecule has 0 fully saturated rings. The van der Waals surface area contributed by atoms with Crippen LogP contribution in [0.1, 0.15) is 29.5 Å². The van der Waals surface area contributed by atoms with Crippen molar-refractivity contribution in [1.29, 1.82) is 0 Å². The van der Waals surface area contributed by atoms with Crippen LogP contribution in [0.4, 0.5) is 0 Å². The largest absolute Gasteiger partial charge is 0.496 e. The van der Waals surface area contributed by atoms with Gasteiger partial charge >= 0.3 is 0 Å². The lowest BCUT2D eigenvalue weighted by Gasteiger charge is -2.19. The van der Waals surface area contributed by atoms with Crippen LogP contribution < -0.4 is 10.1 Å². The molecule has 2 heterocycles. The first kappa shape index (κ1) is 16.8. The molecule has 1 amide bonds. The van der Waals surface area contributed by atoms with Crippen molar-refractivity contribution in [2.75, 3.05) is 7.11 Å². The molecule has 0 aliphatic rings. The van der Waals surface area contributed by atoms with E-state index in [4.69, 9.17) is 9.15 Å². The predicted molar refractivity (Wildman–Crippen MR) is 93.2 cm³/mol. The number of hydrogen-bond donors (Lipinski definition) is 1. The van der Waals surface area contributed by atoms with Gasteiger partial charge in [0.1, 0.15) is 17.6 Å². The Morgan fingerprint density at radius 2 is 2.16 bits per heavy atom. The van der Waals surface area contributed by atoms with Gasteiger partial charge in [-0.1, -0.05) is 18.2 Å². The van der Waals surface area contributed by atoms with Gasteiger partial charge in [-0.25, -0.2) is 4.98 Å². The predicted octanol–water partition coefficient (Wildman–Crippen LogP) is 2.86. The van der Waals surface area contributed by atoms with Crippen molar-refractivity contribution in [3.05, 3.63) is 72.2 Å². The molecule has 0 radical (unpaired) electrons. The van der Waals surface area contributed by atoms with E-state index in [0.717, 1.165) is 11.3 Å². The molecule has 0 spiro atoms. The molecule has 3 aromatic rings. The first-order chi connectivity index (χ1) is 12.2. The highest BCUT2D eigenvalue weighted by Gasteiger charge is 2.22. The number of furan rings is 1. The molecule has 0 saturated carbocycles. The summed E-state index contributed by atoms with van der Waals surface area (Å²) in [6.07, 6.45) is 6.09. The smallest absolute Gasteiger partial charge is 0.221 e. The highest BCUT2D eigenvalue weighted by atomic mass is 16.5. The Morgan fingerprint density at radius 3 is 2.84 bits per heavy atom. The summed E-state index contributed by atoms with van der Waals surface area (Å²) in [7, 11) is 3.53. The Morgan fingerprint density at radius 1 is 1.32 bits per heavy atom. The lowest BCUT2D eigenvalue weighted by molar-refractivity contribution is -0.121. The van der Waals surface area contributed by atoms with E-state index in [9.17, 15) is 4.79 Å². The van der Waals surface area contributed by atoms with Crippen LogP contribution in [0.25, 0.3) is 0 Å². The number of rotatable bonds is 7. The topological polar surface area (TPSA) is 69.3 Å². The SMILES string of the molecule is COc1ccccc1C(NC(=O)CCc1cncn1C)c1ccco1. The maximum atomic E-state index is 12.5. The molecule has 1 N–H and O–H groups in total. The molecule has 1 aromatic carbocycles. The van der Waals surface area contributed by atoms with Gasteiger partial charge in [-0.3, -0.25) is 4.79 Å². The minimum atomic E-state index is -0.398. The third-order valence-electron chi connectivity index (χ3n) is 4.11. The molecule has 1 atom stereocenters. The molecule has 0 bridgehead atoms. The second-order valence-electron chi connectivity index (χ2n) is 5.75. The summed E-state index contributed by atoms with van der Waals surface area (Å²) in [5, 5.41) is 3.05. The number of carbonyl (C=O) groups excluding carboxylic acids is 1. The van der Waals surface area contributed by atoms with Gasteiger partial charge in [-0.2, -0.15) is 0 Å². The fraction of sp³-hybridized carbons (Fsp3) is 0.263. The highest BCUT2D eigenvalue weighted by Crippen LogP contribution is 2.30. The number of carbonyl (C=O) groups is 1. The van der Waals surface area contributed by atoms with Crippen molar-refractivity contribution < 1.29 is 13.9 Å². The summed E-state index contributed by atoms with van der Waals surface area (Å²) in [4.78, 5) is 16.6. The first-order valence-electron chi connectivity index (χ1n) is 8.10. The fourth-order valence-electron chi connectivity index (χ4n) is 2.76. The number of benzene rings is 1. The van der Waals surface area contributed by atoms with E-state index in [0.29, 0.717) is 24.4 Å². The summed E-state index contributed by atoms with van der Waals surface area (Å²) in [6, 6.07) is 10.9. The maximum Gasteiger partial charge on any atom is 0.221 e. The van der Waals surface area contributed by atoms with Crippen LogP contribution >= 0.6 is 0 Å². The third-order valence-corrected chi connectivity index (χ3v) is 4.11. The summed E-state index contributed by atoms with van der Waals surface area (Å²) < 4.78 is 12.9. The number of aryl methyl sites for hydroxylation is 2. The molecule has 6 nitrogen and oxygen atoms in total. The zero-order valence-corrected chi connectivity index (χ0v) is 14.3. The number of amides is 1. The van der Waals surface area contributed by atoms with Crippen molar-refractivity contribution in [3.63, 3.8) is 0 Å². The van der Waals surface area contributed by atoms with Gasteiger partial charge in [-0.05, 0) is 24.6 Å². The fourth-order valence-corrected chi connectivity index (χ4v) is 2.76. The lowest BCUT2D eigenvalue weighted by Crippen LogP contribution is -2.29. The molecule has 25 heavy (non-hydrogen) atoms. The van der Waals surface area contributed by atoms with Crippen LogP contribution in [0.3, 0.4) is 0 Å². The highest BCUT2D eigenvalue weighted by molar-refractivity contribution is 5.77. The molecule has 130 valence electrons. The van der Waals surface area contributed by atoms with Gasteiger partial charge in [-0.15, -0.1) is 0 Å². The molecule has 1 unspecified atom stereocenters. The van der Waals surface area contributed by atoms with Gasteiger partial charge in [0, 0.05) is 30.9 Å². The number of hydrogen-bond acceptors (Lipinski definition) is 4. The maximum absolute atomic E-state index is 12.5. The van der Waals surface area contributed by atoms with E-state index in [-0.39, 0.29) is 5.91 Å². The van der Waals surface area contributed by atoms with Crippen LogP contribution in [0, 0.1) is 0 Å². The third kappa shape index (κ3) is 3.91. The summed E-state index contributed by atoms with van der Waals surface area (Å²) in [5.74, 6) is 1.31. The van der Waals surface area contributed by atoms with E-state index < -0.39 is 6.04 Å². The number of aromatic nitrogens is 2. The average Bonchev–Trinajstić information content (AvgIpc) is 3.29. The normalized spacial score (nSPS) is 11.9. The Kier molecular flexibility index (Phi) is 5.18. The summed E-state index contributed by atoms with van der Waals surface area (Å²) in [6.45, 7) is 0. The van der Waals surface area contributed by atoms with Crippen molar-refractivity contribution in [2.45, 2.75) is 18.9 Å². The van der Waals surface area contributed by atoms with Crippen molar-refractivity contribution in [1.82, 2.24) is 14.9 Å². The quantitative estimate of drug-likeness (QED) is 0.719. The molecule has 0 aliphatic carbocycles. The molecule has 6 heteroatoms. The minimum Gasteiger partial charge on any atom is -0.496 e. The van der Waals surface area contributed by atoms with Crippen LogP contribution in [0.5, 0.6) is 5.75 Å². The second-order valence-corrected chi connectivity index (χ2v) is 5.75. The Hall–Kier alpha value is -3.02. The van der Waals surface area contributed by atoms with E-state index in [2.05, 4.69) is 10.3 Å². The number of nitrogens with one attached hydrogen (secondary N) is 1. The Balaban J connectivity index is 1.76. The minimum absolute atomic E-state index is 0.0616. The monoisotopic (exact) mass is 339 g/mol. The van der Waals surface area contributed by atoms with Gasteiger partial charge in [0.15, 0.2) is 0 Å². The first-order valence-corrected chi connectivity index (χ1v) is 8.10. The number of methoxy groups -OCH3 is 1. The van der Waals surface area contributed by atoms with Crippen LogP contribution in [-0.2, 0) is 18.3 Å².